The van der Waals surface area contributed by atoms with E-state index >= 15 is 0 Å². The quantitative estimate of drug-likeness (QED) is 0.583. The third-order valence-electron chi connectivity index (χ3n) is 6.72. The molecule has 2 heteroatoms. The minimum atomic E-state index is 0.273. The van der Waals surface area contributed by atoms with Crippen LogP contribution >= 0.6 is 0 Å². The summed E-state index contributed by atoms with van der Waals surface area (Å²) in [6, 6.07) is 30.8. The number of hydrogen-bond donors (Lipinski definition) is 1. The predicted octanol–water partition coefficient (Wildman–Crippen LogP) is 6.00. The van der Waals surface area contributed by atoms with Gasteiger partial charge < -0.3 is 10.1 Å². The molecule has 0 amide bonds. The lowest BCUT2D eigenvalue weighted by Crippen LogP contribution is -2.26. The highest BCUT2D eigenvalue weighted by atomic mass is 16.5. The number of rotatable bonds is 5. The van der Waals surface area contributed by atoms with E-state index in [0.717, 1.165) is 25.5 Å². The highest BCUT2D eigenvalue weighted by Gasteiger charge is 2.39. The molecule has 3 aromatic rings. The molecule has 1 heterocycles. The first-order valence-corrected chi connectivity index (χ1v) is 10.9. The maximum absolute atomic E-state index is 6.24. The summed E-state index contributed by atoms with van der Waals surface area (Å²) in [5.41, 5.74) is 5.35. The first-order chi connectivity index (χ1) is 14.4. The molecule has 4 atom stereocenters. The predicted molar refractivity (Wildman–Crippen MR) is 118 cm³/mol. The van der Waals surface area contributed by atoms with E-state index in [1.54, 1.807) is 0 Å². The molecule has 1 saturated heterocycles. The van der Waals surface area contributed by atoms with E-state index in [9.17, 15) is 0 Å². The normalized spacial score (nSPS) is 26.2. The van der Waals surface area contributed by atoms with Crippen LogP contribution in [0.15, 0.2) is 84.9 Å². The van der Waals surface area contributed by atoms with Crippen molar-refractivity contribution in [3.8, 4) is 11.1 Å². The maximum Gasteiger partial charge on any atom is 0.0827 e. The molecule has 0 unspecified atom stereocenters. The molecule has 1 aliphatic carbocycles. The molecule has 3 aromatic carbocycles. The highest BCUT2D eigenvalue weighted by molar-refractivity contribution is 5.67. The molecule has 29 heavy (non-hydrogen) atoms. The molecule has 1 saturated carbocycles. The second-order valence-corrected chi connectivity index (χ2v) is 8.56. The third kappa shape index (κ3) is 4.14. The van der Waals surface area contributed by atoms with Gasteiger partial charge in [-0.3, -0.25) is 0 Å². The smallest absolute Gasteiger partial charge is 0.0827 e. The van der Waals surface area contributed by atoms with Crippen LogP contribution in [0, 0.1) is 11.8 Å². The topological polar surface area (TPSA) is 21.3 Å². The number of hydrogen-bond acceptors (Lipinski definition) is 2. The average Bonchev–Trinajstić information content (AvgIpc) is 3.21. The van der Waals surface area contributed by atoms with E-state index in [0.29, 0.717) is 12.0 Å². The summed E-state index contributed by atoms with van der Waals surface area (Å²) in [5, 5.41) is 3.86. The van der Waals surface area contributed by atoms with E-state index in [1.165, 1.54) is 35.1 Å². The molecule has 1 N–H and O–H groups in total. The molecule has 148 valence electrons. The van der Waals surface area contributed by atoms with Gasteiger partial charge in [0.2, 0.25) is 0 Å². The van der Waals surface area contributed by atoms with Crippen LogP contribution in [-0.4, -0.2) is 12.6 Å². The fourth-order valence-corrected chi connectivity index (χ4v) is 5.18. The summed E-state index contributed by atoms with van der Waals surface area (Å²) in [4.78, 5) is 0. The van der Waals surface area contributed by atoms with E-state index < -0.39 is 0 Å². The van der Waals surface area contributed by atoms with Gasteiger partial charge in [0.15, 0.2) is 0 Å². The van der Waals surface area contributed by atoms with Crippen molar-refractivity contribution in [2.24, 2.45) is 11.8 Å². The van der Waals surface area contributed by atoms with Crippen molar-refractivity contribution in [2.45, 2.75) is 38.0 Å². The Kier molecular flexibility index (Phi) is 5.47. The number of benzene rings is 3. The van der Waals surface area contributed by atoms with Crippen LogP contribution in [-0.2, 0) is 11.3 Å². The van der Waals surface area contributed by atoms with Crippen LogP contribution in [0.5, 0.6) is 0 Å². The lowest BCUT2D eigenvalue weighted by Gasteiger charge is -2.32. The van der Waals surface area contributed by atoms with Crippen molar-refractivity contribution >= 4 is 0 Å². The van der Waals surface area contributed by atoms with Crippen LogP contribution in [0.3, 0.4) is 0 Å². The van der Waals surface area contributed by atoms with Crippen molar-refractivity contribution < 1.29 is 4.74 Å². The number of nitrogens with one attached hydrogen (secondary N) is 1. The van der Waals surface area contributed by atoms with Gasteiger partial charge in [-0.2, -0.15) is 0 Å². The Morgan fingerprint density at radius 2 is 1.41 bits per heavy atom. The van der Waals surface area contributed by atoms with E-state index in [-0.39, 0.29) is 6.10 Å². The van der Waals surface area contributed by atoms with Crippen molar-refractivity contribution in [3.05, 3.63) is 96.1 Å². The van der Waals surface area contributed by atoms with Crippen LogP contribution < -0.4 is 5.32 Å². The van der Waals surface area contributed by atoms with E-state index in [1.807, 2.05) is 0 Å². The van der Waals surface area contributed by atoms with Gasteiger partial charge >= 0.3 is 0 Å². The minimum Gasteiger partial charge on any atom is -0.373 e. The Balaban J connectivity index is 1.22. The van der Waals surface area contributed by atoms with Gasteiger partial charge in [-0.1, -0.05) is 84.9 Å². The maximum atomic E-state index is 6.24. The fourth-order valence-electron chi connectivity index (χ4n) is 5.18. The van der Waals surface area contributed by atoms with Gasteiger partial charge in [-0.05, 0) is 53.4 Å². The molecule has 0 radical (unpaired) electrons. The molecular weight excluding hydrogens is 354 g/mol. The summed E-state index contributed by atoms with van der Waals surface area (Å²) in [6.45, 7) is 1.83. The molecular formula is C27H29NO. The largest absolute Gasteiger partial charge is 0.373 e. The molecule has 2 nitrogen and oxygen atoms in total. The summed E-state index contributed by atoms with van der Waals surface area (Å²) in [5.74, 6) is 1.48. The lowest BCUT2D eigenvalue weighted by molar-refractivity contribution is -0.0384. The van der Waals surface area contributed by atoms with Gasteiger partial charge in [0.1, 0.15) is 0 Å². The summed E-state index contributed by atoms with van der Waals surface area (Å²) in [6.07, 6.45) is 3.94. The van der Waals surface area contributed by atoms with Gasteiger partial charge in [-0.15, -0.1) is 0 Å². The highest BCUT2D eigenvalue weighted by Crippen LogP contribution is 2.43. The Morgan fingerprint density at radius 3 is 2.24 bits per heavy atom. The Bertz CT molecular complexity index is 924. The van der Waals surface area contributed by atoms with Gasteiger partial charge in [0, 0.05) is 12.6 Å². The zero-order valence-corrected chi connectivity index (χ0v) is 16.8. The van der Waals surface area contributed by atoms with E-state index in [2.05, 4.69) is 90.2 Å². The Morgan fingerprint density at radius 1 is 0.724 bits per heavy atom. The van der Waals surface area contributed by atoms with Crippen molar-refractivity contribution in [1.82, 2.24) is 5.32 Å². The van der Waals surface area contributed by atoms with Gasteiger partial charge in [0.05, 0.1) is 12.7 Å². The monoisotopic (exact) mass is 383 g/mol. The fraction of sp³-hybridized carbons (Fsp3) is 0.333. The van der Waals surface area contributed by atoms with Crippen LogP contribution in [0.2, 0.25) is 0 Å². The van der Waals surface area contributed by atoms with Gasteiger partial charge in [-0.25, -0.2) is 0 Å². The van der Waals surface area contributed by atoms with Crippen molar-refractivity contribution in [3.63, 3.8) is 0 Å². The Labute approximate surface area is 173 Å². The Hall–Kier alpha value is -2.42. The lowest BCUT2D eigenvalue weighted by atomic mass is 9.86. The molecule has 2 aliphatic rings. The molecule has 1 aliphatic heterocycles. The molecule has 5 rings (SSSR count). The summed E-state index contributed by atoms with van der Waals surface area (Å²) < 4.78 is 6.24. The third-order valence-corrected chi connectivity index (χ3v) is 6.72. The van der Waals surface area contributed by atoms with Crippen LogP contribution in [0.25, 0.3) is 11.1 Å². The average molecular weight is 384 g/mol. The number of ether oxygens (including phenoxy) is 1. The second-order valence-electron chi connectivity index (χ2n) is 8.56. The van der Waals surface area contributed by atoms with Crippen LogP contribution in [0.1, 0.15) is 36.5 Å². The van der Waals surface area contributed by atoms with E-state index in [4.69, 9.17) is 4.74 Å². The zero-order chi connectivity index (χ0) is 19.5. The molecule has 0 bridgehead atoms. The SMILES string of the molecule is c1ccc(-c2ccccc2CN[C@@H]2C[C@@H]3CO[C@H](c4ccccc4)C[C@@H]3C2)cc1. The van der Waals surface area contributed by atoms with Crippen molar-refractivity contribution in [1.29, 1.82) is 0 Å². The second kappa shape index (κ2) is 8.52. The first-order valence-electron chi connectivity index (χ1n) is 10.9. The van der Waals surface area contributed by atoms with Crippen molar-refractivity contribution in [2.75, 3.05) is 6.61 Å². The zero-order valence-electron chi connectivity index (χ0n) is 16.8. The summed E-state index contributed by atoms with van der Waals surface area (Å²) in [7, 11) is 0. The molecule has 0 spiro atoms. The van der Waals surface area contributed by atoms with Crippen LogP contribution in [0.4, 0.5) is 0 Å². The standard InChI is InChI=1S/C27H29NO/c1-3-9-20(10-4-1)26-14-8-7-13-22(26)18-28-25-15-23-17-27(29-19-24(23)16-25)21-11-5-2-6-12-21/h1-14,23-25,27-28H,15-19H2/t23-,24+,25-,27-/m0/s1. The first kappa shape index (κ1) is 18.6. The number of fused-ring (bicyclic) bond motifs is 1. The summed E-state index contributed by atoms with van der Waals surface area (Å²) >= 11 is 0. The molecule has 2 fully saturated rings. The molecule has 0 aromatic heterocycles. The van der Waals surface area contributed by atoms with Gasteiger partial charge in [0.25, 0.3) is 0 Å². The minimum absolute atomic E-state index is 0.273.